The Balaban J connectivity index is 1.68. The van der Waals surface area contributed by atoms with E-state index in [4.69, 9.17) is 0 Å². The standard InChI is InChI=1S/C20H24N2OS/c23-20(22-11-13-24-14-12-22)19(15-17-7-3-1-4-8-17)21-16-18-9-5-2-6-10-18/h1-10,19,21H,11-16H2/t19-/m0/s1. The van der Waals surface area contributed by atoms with Gasteiger partial charge < -0.3 is 10.2 Å². The van der Waals surface area contributed by atoms with Crippen LogP contribution in [0.5, 0.6) is 0 Å². The molecule has 1 aliphatic heterocycles. The van der Waals surface area contributed by atoms with Gasteiger partial charge in [0, 0.05) is 31.1 Å². The van der Waals surface area contributed by atoms with Crippen molar-refractivity contribution in [3.8, 4) is 0 Å². The zero-order valence-corrected chi connectivity index (χ0v) is 14.7. The predicted molar refractivity (Wildman–Crippen MR) is 101 cm³/mol. The molecule has 0 aliphatic carbocycles. The van der Waals surface area contributed by atoms with Gasteiger partial charge in [0.05, 0.1) is 6.04 Å². The van der Waals surface area contributed by atoms with E-state index >= 15 is 0 Å². The van der Waals surface area contributed by atoms with E-state index in [-0.39, 0.29) is 11.9 Å². The van der Waals surface area contributed by atoms with Gasteiger partial charge in [-0.15, -0.1) is 0 Å². The highest BCUT2D eigenvalue weighted by atomic mass is 32.2. The van der Waals surface area contributed by atoms with Crippen LogP contribution in [-0.4, -0.2) is 41.4 Å². The van der Waals surface area contributed by atoms with E-state index in [0.29, 0.717) is 6.54 Å². The summed E-state index contributed by atoms with van der Waals surface area (Å²) >= 11 is 1.93. The molecule has 2 aromatic carbocycles. The van der Waals surface area contributed by atoms with Crippen molar-refractivity contribution in [2.45, 2.75) is 19.0 Å². The maximum Gasteiger partial charge on any atom is 0.240 e. The second-order valence-electron chi connectivity index (χ2n) is 6.05. The molecule has 1 aliphatic rings. The minimum absolute atomic E-state index is 0.171. The maximum absolute atomic E-state index is 13.0. The van der Waals surface area contributed by atoms with Crippen LogP contribution in [0, 0.1) is 0 Å². The number of amides is 1. The van der Waals surface area contributed by atoms with E-state index in [0.717, 1.165) is 31.0 Å². The lowest BCUT2D eigenvalue weighted by molar-refractivity contribution is -0.133. The van der Waals surface area contributed by atoms with Crippen LogP contribution in [0.4, 0.5) is 0 Å². The number of carbonyl (C=O) groups excluding carboxylic acids is 1. The van der Waals surface area contributed by atoms with Crippen molar-refractivity contribution in [3.63, 3.8) is 0 Å². The van der Waals surface area contributed by atoms with Gasteiger partial charge in [-0.05, 0) is 17.5 Å². The summed E-state index contributed by atoms with van der Waals surface area (Å²) in [6, 6.07) is 20.4. The third-order valence-electron chi connectivity index (χ3n) is 4.30. The zero-order chi connectivity index (χ0) is 16.6. The Bertz CT molecular complexity index is 627. The Kier molecular flexibility index (Phi) is 6.33. The highest BCUT2D eigenvalue weighted by Gasteiger charge is 2.25. The lowest BCUT2D eigenvalue weighted by Gasteiger charge is -2.30. The molecule has 1 heterocycles. The fourth-order valence-corrected chi connectivity index (χ4v) is 3.84. The van der Waals surface area contributed by atoms with Gasteiger partial charge in [-0.2, -0.15) is 11.8 Å². The minimum Gasteiger partial charge on any atom is -0.340 e. The van der Waals surface area contributed by atoms with Crippen molar-refractivity contribution in [1.82, 2.24) is 10.2 Å². The molecular formula is C20H24N2OS. The predicted octanol–water partition coefficient (Wildman–Crippen LogP) is 2.96. The monoisotopic (exact) mass is 340 g/mol. The van der Waals surface area contributed by atoms with Crippen LogP contribution in [0.2, 0.25) is 0 Å². The molecule has 1 saturated heterocycles. The topological polar surface area (TPSA) is 32.3 Å². The SMILES string of the molecule is O=C([C@H](Cc1ccccc1)NCc1ccccc1)N1CCSCC1. The van der Waals surface area contributed by atoms with Gasteiger partial charge in [0.1, 0.15) is 0 Å². The summed E-state index contributed by atoms with van der Waals surface area (Å²) < 4.78 is 0. The lowest BCUT2D eigenvalue weighted by atomic mass is 10.0. The first kappa shape index (κ1) is 17.1. The number of hydrogen-bond acceptors (Lipinski definition) is 3. The molecule has 0 bridgehead atoms. The first-order chi connectivity index (χ1) is 11.8. The van der Waals surface area contributed by atoms with Crippen molar-refractivity contribution in [1.29, 1.82) is 0 Å². The Morgan fingerprint density at radius 1 is 0.958 bits per heavy atom. The molecule has 126 valence electrons. The average molecular weight is 340 g/mol. The minimum atomic E-state index is -0.171. The smallest absolute Gasteiger partial charge is 0.240 e. The van der Waals surface area contributed by atoms with E-state index < -0.39 is 0 Å². The van der Waals surface area contributed by atoms with E-state index in [2.05, 4.69) is 29.6 Å². The Morgan fingerprint density at radius 2 is 1.54 bits per heavy atom. The number of nitrogens with one attached hydrogen (secondary N) is 1. The summed E-state index contributed by atoms with van der Waals surface area (Å²) in [7, 11) is 0. The van der Waals surface area contributed by atoms with E-state index in [1.807, 2.05) is 53.1 Å². The van der Waals surface area contributed by atoms with Gasteiger partial charge in [0.15, 0.2) is 0 Å². The normalized spacial score (nSPS) is 15.9. The molecule has 1 N–H and O–H groups in total. The van der Waals surface area contributed by atoms with Gasteiger partial charge in [-0.25, -0.2) is 0 Å². The van der Waals surface area contributed by atoms with Crippen molar-refractivity contribution < 1.29 is 4.79 Å². The molecule has 1 atom stereocenters. The first-order valence-electron chi connectivity index (χ1n) is 8.51. The van der Waals surface area contributed by atoms with Gasteiger partial charge in [-0.1, -0.05) is 60.7 Å². The van der Waals surface area contributed by atoms with Crippen LogP contribution in [-0.2, 0) is 17.8 Å². The fourth-order valence-electron chi connectivity index (χ4n) is 2.94. The average Bonchev–Trinajstić information content (AvgIpc) is 2.67. The first-order valence-corrected chi connectivity index (χ1v) is 9.66. The van der Waals surface area contributed by atoms with E-state index in [1.165, 1.54) is 11.1 Å². The van der Waals surface area contributed by atoms with Gasteiger partial charge in [-0.3, -0.25) is 4.79 Å². The summed E-state index contributed by atoms with van der Waals surface area (Å²) in [6.45, 7) is 2.44. The molecule has 24 heavy (non-hydrogen) atoms. The molecule has 1 fully saturated rings. The van der Waals surface area contributed by atoms with Crippen LogP contribution in [0.25, 0.3) is 0 Å². The number of benzene rings is 2. The molecule has 4 heteroatoms. The Labute approximate surface area is 148 Å². The molecule has 0 radical (unpaired) electrons. The Morgan fingerprint density at radius 3 is 2.17 bits per heavy atom. The molecule has 2 aromatic rings. The molecular weight excluding hydrogens is 316 g/mol. The molecule has 3 rings (SSSR count). The van der Waals surface area contributed by atoms with Crippen LogP contribution < -0.4 is 5.32 Å². The van der Waals surface area contributed by atoms with Crippen molar-refractivity contribution >= 4 is 17.7 Å². The summed E-state index contributed by atoms with van der Waals surface area (Å²) in [5.74, 6) is 2.32. The second-order valence-corrected chi connectivity index (χ2v) is 7.27. The van der Waals surface area contributed by atoms with E-state index in [1.54, 1.807) is 0 Å². The maximum atomic E-state index is 13.0. The number of nitrogens with zero attached hydrogens (tertiary/aromatic N) is 1. The van der Waals surface area contributed by atoms with E-state index in [9.17, 15) is 4.79 Å². The second kappa shape index (κ2) is 8.90. The van der Waals surface area contributed by atoms with Gasteiger partial charge >= 0.3 is 0 Å². The fraction of sp³-hybridized carbons (Fsp3) is 0.350. The molecule has 1 amide bonds. The van der Waals surface area contributed by atoms with Crippen LogP contribution in [0.15, 0.2) is 60.7 Å². The number of carbonyl (C=O) groups is 1. The quantitative estimate of drug-likeness (QED) is 0.877. The number of rotatable bonds is 6. The van der Waals surface area contributed by atoms with Crippen molar-refractivity contribution in [2.75, 3.05) is 24.6 Å². The summed E-state index contributed by atoms with van der Waals surface area (Å²) in [4.78, 5) is 15.0. The summed E-state index contributed by atoms with van der Waals surface area (Å²) in [5.41, 5.74) is 2.40. The van der Waals surface area contributed by atoms with Crippen LogP contribution >= 0.6 is 11.8 Å². The molecule has 3 nitrogen and oxygen atoms in total. The molecule has 0 unspecified atom stereocenters. The summed E-state index contributed by atoms with van der Waals surface area (Å²) in [6.07, 6.45) is 0.732. The lowest BCUT2D eigenvalue weighted by Crippen LogP contribution is -2.50. The van der Waals surface area contributed by atoms with Crippen molar-refractivity contribution in [3.05, 3.63) is 71.8 Å². The number of thioether (sulfide) groups is 1. The summed E-state index contributed by atoms with van der Waals surface area (Å²) in [5, 5.41) is 3.48. The largest absolute Gasteiger partial charge is 0.340 e. The highest BCUT2D eigenvalue weighted by Crippen LogP contribution is 2.13. The highest BCUT2D eigenvalue weighted by molar-refractivity contribution is 7.99. The zero-order valence-electron chi connectivity index (χ0n) is 13.9. The Hall–Kier alpha value is -1.78. The van der Waals surface area contributed by atoms with Crippen LogP contribution in [0.1, 0.15) is 11.1 Å². The molecule has 0 saturated carbocycles. The van der Waals surface area contributed by atoms with Crippen LogP contribution in [0.3, 0.4) is 0 Å². The number of hydrogen-bond donors (Lipinski definition) is 1. The molecule has 0 aromatic heterocycles. The van der Waals surface area contributed by atoms with Gasteiger partial charge in [0.25, 0.3) is 0 Å². The third-order valence-corrected chi connectivity index (χ3v) is 5.24. The third kappa shape index (κ3) is 4.86. The molecule has 0 spiro atoms. The van der Waals surface area contributed by atoms with Gasteiger partial charge in [0.2, 0.25) is 5.91 Å². The van der Waals surface area contributed by atoms with Crippen molar-refractivity contribution in [2.24, 2.45) is 0 Å².